The number of fused-ring (bicyclic) bond motifs is 1. The van der Waals surface area contributed by atoms with Crippen molar-refractivity contribution in [1.82, 2.24) is 0 Å². The van der Waals surface area contributed by atoms with Crippen LogP contribution in [0.25, 0.3) is 0 Å². The molecule has 1 aliphatic heterocycles. The van der Waals surface area contributed by atoms with Gasteiger partial charge in [0.25, 0.3) is 0 Å². The molecule has 142 valence electrons. The summed E-state index contributed by atoms with van der Waals surface area (Å²) in [6.07, 6.45) is -1.94. The van der Waals surface area contributed by atoms with Gasteiger partial charge in [-0.1, -0.05) is 48.0 Å². The third-order valence-corrected chi connectivity index (χ3v) is 4.63. The van der Waals surface area contributed by atoms with E-state index in [1.54, 1.807) is 48.5 Å². The van der Waals surface area contributed by atoms with E-state index in [1.165, 1.54) is 0 Å². The molecule has 1 N–H and O–H groups in total. The molecule has 0 saturated carbocycles. The quantitative estimate of drug-likeness (QED) is 0.665. The average molecular weight is 397 g/mol. The lowest BCUT2D eigenvalue weighted by Crippen LogP contribution is -2.39. The zero-order chi connectivity index (χ0) is 19.5. The Morgan fingerprint density at radius 2 is 1.68 bits per heavy atom. The molecule has 0 aliphatic carbocycles. The molecule has 3 aromatic rings. The highest BCUT2D eigenvalue weighted by atomic mass is 35.5. The molecule has 2 atom stereocenters. The van der Waals surface area contributed by atoms with Crippen molar-refractivity contribution in [2.75, 3.05) is 0 Å². The molecule has 1 aliphatic rings. The summed E-state index contributed by atoms with van der Waals surface area (Å²) in [4.78, 5) is 11.7. The minimum Gasteiger partial charge on any atom is -0.489 e. The first-order valence-corrected chi connectivity index (χ1v) is 9.10. The lowest BCUT2D eigenvalue weighted by Gasteiger charge is -2.32. The monoisotopic (exact) mass is 396 g/mol. The second kappa shape index (κ2) is 7.82. The van der Waals surface area contributed by atoms with E-state index >= 15 is 0 Å². The van der Waals surface area contributed by atoms with Crippen LogP contribution in [0.3, 0.4) is 0 Å². The Hall–Kier alpha value is -3.18. The summed E-state index contributed by atoms with van der Waals surface area (Å²) < 4.78 is 17.5. The Morgan fingerprint density at radius 3 is 2.39 bits per heavy atom. The van der Waals surface area contributed by atoms with Crippen LogP contribution in [-0.2, 0) is 11.4 Å². The van der Waals surface area contributed by atoms with Crippen molar-refractivity contribution in [3.8, 4) is 17.2 Å². The number of carboxylic acids is 1. The molecule has 28 heavy (non-hydrogen) atoms. The van der Waals surface area contributed by atoms with E-state index in [4.69, 9.17) is 25.8 Å². The van der Waals surface area contributed by atoms with E-state index in [0.29, 0.717) is 34.4 Å². The van der Waals surface area contributed by atoms with Gasteiger partial charge in [-0.25, -0.2) is 4.79 Å². The van der Waals surface area contributed by atoms with Gasteiger partial charge in [0, 0.05) is 10.6 Å². The zero-order valence-corrected chi connectivity index (χ0v) is 15.5. The predicted octanol–water partition coefficient (Wildman–Crippen LogP) is 4.88. The van der Waals surface area contributed by atoms with Crippen LogP contribution < -0.4 is 14.2 Å². The highest BCUT2D eigenvalue weighted by molar-refractivity contribution is 6.30. The Bertz CT molecular complexity index is 986. The molecular formula is C22H17ClO5. The van der Waals surface area contributed by atoms with Crippen molar-refractivity contribution >= 4 is 17.6 Å². The van der Waals surface area contributed by atoms with Crippen LogP contribution in [0.2, 0.25) is 5.02 Å². The van der Waals surface area contributed by atoms with E-state index in [2.05, 4.69) is 0 Å². The van der Waals surface area contributed by atoms with Gasteiger partial charge in [0.2, 0.25) is 6.10 Å². The van der Waals surface area contributed by atoms with Gasteiger partial charge >= 0.3 is 5.97 Å². The Morgan fingerprint density at radius 1 is 0.964 bits per heavy atom. The molecule has 0 bridgehead atoms. The van der Waals surface area contributed by atoms with Gasteiger partial charge in [-0.05, 0) is 42.0 Å². The summed E-state index contributed by atoms with van der Waals surface area (Å²) in [6, 6.07) is 21.6. The van der Waals surface area contributed by atoms with Crippen molar-refractivity contribution in [3.05, 3.63) is 88.9 Å². The second-order valence-corrected chi connectivity index (χ2v) is 6.79. The smallest absolute Gasteiger partial charge is 0.349 e. The minimum atomic E-state index is -1.15. The van der Waals surface area contributed by atoms with E-state index in [9.17, 15) is 9.90 Å². The fourth-order valence-electron chi connectivity index (χ4n) is 2.99. The number of para-hydroxylation sites is 2. The Labute approximate surface area is 167 Å². The van der Waals surface area contributed by atoms with Gasteiger partial charge in [-0.15, -0.1) is 0 Å². The number of hydrogen-bond acceptors (Lipinski definition) is 4. The van der Waals surface area contributed by atoms with Gasteiger partial charge in [0.15, 0.2) is 17.6 Å². The third kappa shape index (κ3) is 3.89. The van der Waals surface area contributed by atoms with Crippen LogP contribution in [-0.4, -0.2) is 17.2 Å². The van der Waals surface area contributed by atoms with Gasteiger partial charge in [-0.2, -0.15) is 0 Å². The fourth-order valence-corrected chi connectivity index (χ4v) is 3.12. The molecule has 0 fully saturated rings. The number of hydrogen-bond donors (Lipinski definition) is 1. The van der Waals surface area contributed by atoms with Crippen molar-refractivity contribution < 1.29 is 24.1 Å². The maximum atomic E-state index is 11.7. The number of benzene rings is 3. The minimum absolute atomic E-state index is 0.369. The maximum Gasteiger partial charge on any atom is 0.349 e. The first kappa shape index (κ1) is 18.2. The molecule has 0 saturated heterocycles. The fraction of sp³-hybridized carbons (Fsp3) is 0.136. The van der Waals surface area contributed by atoms with E-state index in [0.717, 1.165) is 5.56 Å². The largest absolute Gasteiger partial charge is 0.489 e. The predicted molar refractivity (Wildman–Crippen MR) is 104 cm³/mol. The number of carbonyl (C=O) groups is 1. The lowest BCUT2D eigenvalue weighted by atomic mass is 10.0. The van der Waals surface area contributed by atoms with Crippen molar-refractivity contribution in [2.24, 2.45) is 0 Å². The molecule has 0 spiro atoms. The Balaban J connectivity index is 1.55. The van der Waals surface area contributed by atoms with Crippen LogP contribution >= 0.6 is 11.6 Å². The summed E-state index contributed by atoms with van der Waals surface area (Å²) >= 11 is 5.90. The molecule has 4 rings (SSSR count). The van der Waals surface area contributed by atoms with E-state index in [1.807, 2.05) is 24.3 Å². The number of rotatable bonds is 5. The van der Waals surface area contributed by atoms with Gasteiger partial charge in [-0.3, -0.25) is 0 Å². The molecule has 0 radical (unpaired) electrons. The summed E-state index contributed by atoms with van der Waals surface area (Å²) in [5, 5.41) is 10.3. The summed E-state index contributed by atoms with van der Waals surface area (Å²) in [6.45, 7) is 0.369. The van der Waals surface area contributed by atoms with Crippen LogP contribution in [0.4, 0.5) is 0 Å². The molecule has 3 aromatic carbocycles. The second-order valence-electron chi connectivity index (χ2n) is 6.35. The summed E-state index contributed by atoms with van der Waals surface area (Å²) in [7, 11) is 0. The van der Waals surface area contributed by atoms with Crippen LogP contribution in [0.1, 0.15) is 17.2 Å². The van der Waals surface area contributed by atoms with Crippen molar-refractivity contribution in [1.29, 1.82) is 0 Å². The normalized spacial score (nSPS) is 17.8. The summed E-state index contributed by atoms with van der Waals surface area (Å²) in [5.41, 5.74) is 1.64. The maximum absolute atomic E-state index is 11.7. The van der Waals surface area contributed by atoms with Gasteiger partial charge in [0.1, 0.15) is 12.4 Å². The molecule has 1 heterocycles. The molecule has 2 unspecified atom stereocenters. The van der Waals surface area contributed by atoms with Crippen LogP contribution in [0, 0.1) is 0 Å². The lowest BCUT2D eigenvalue weighted by molar-refractivity contribution is -0.151. The molecule has 0 aromatic heterocycles. The molecule has 6 heteroatoms. The summed E-state index contributed by atoms with van der Waals surface area (Å²) in [5.74, 6) is 0.449. The Kier molecular flexibility index (Phi) is 5.08. The average Bonchev–Trinajstić information content (AvgIpc) is 2.72. The van der Waals surface area contributed by atoms with E-state index < -0.39 is 18.2 Å². The highest BCUT2D eigenvalue weighted by Gasteiger charge is 2.38. The van der Waals surface area contributed by atoms with Gasteiger partial charge in [0.05, 0.1) is 0 Å². The number of ether oxygens (including phenoxy) is 3. The number of carboxylic acid groups (broad SMARTS) is 1. The SMILES string of the molecule is O=C(O)C1Oc2ccccc2OC1c1cccc(OCc2ccc(Cl)cc2)c1. The first-order chi connectivity index (χ1) is 13.6. The highest BCUT2D eigenvalue weighted by Crippen LogP contribution is 2.40. The van der Waals surface area contributed by atoms with Crippen LogP contribution in [0.15, 0.2) is 72.8 Å². The molecular weight excluding hydrogens is 380 g/mol. The molecule has 0 amide bonds. The first-order valence-electron chi connectivity index (χ1n) is 8.72. The van der Waals surface area contributed by atoms with Crippen LogP contribution in [0.5, 0.6) is 17.2 Å². The van der Waals surface area contributed by atoms with Crippen molar-refractivity contribution in [2.45, 2.75) is 18.8 Å². The van der Waals surface area contributed by atoms with E-state index in [-0.39, 0.29) is 0 Å². The van der Waals surface area contributed by atoms with Gasteiger partial charge < -0.3 is 19.3 Å². The number of halogens is 1. The standard InChI is InChI=1S/C22H17ClO5/c23-16-10-8-14(9-11-16)13-26-17-5-3-4-15(12-17)20-21(22(24)25)28-19-7-2-1-6-18(19)27-20/h1-12,20-21H,13H2,(H,24,25). The third-order valence-electron chi connectivity index (χ3n) is 4.38. The molecule has 5 nitrogen and oxygen atoms in total. The van der Waals surface area contributed by atoms with Crippen molar-refractivity contribution in [3.63, 3.8) is 0 Å². The number of aliphatic carboxylic acids is 1. The zero-order valence-electron chi connectivity index (χ0n) is 14.7. The topological polar surface area (TPSA) is 65.0 Å².